The van der Waals surface area contributed by atoms with Crippen molar-refractivity contribution in [2.24, 2.45) is 0 Å². The molecule has 2 aromatic carbocycles. The van der Waals surface area contributed by atoms with Crippen molar-refractivity contribution in [3.63, 3.8) is 0 Å². The highest BCUT2D eigenvalue weighted by atomic mass is 35.5. The summed E-state index contributed by atoms with van der Waals surface area (Å²) in [5, 5.41) is 0.351. The topological polar surface area (TPSA) is 74.3 Å². The summed E-state index contributed by atoms with van der Waals surface area (Å²) in [4.78, 5) is 24.9. The summed E-state index contributed by atoms with van der Waals surface area (Å²) >= 11 is 11.8. The third-order valence-corrected chi connectivity index (χ3v) is 5.00. The van der Waals surface area contributed by atoms with Gasteiger partial charge in [0.05, 0.1) is 16.3 Å². The molecule has 150 valence electrons. The molecule has 0 amide bonds. The van der Waals surface area contributed by atoms with Crippen LogP contribution in [0.4, 0.5) is 10.1 Å². The molecule has 0 spiro atoms. The molecule has 0 aliphatic rings. The number of aryl methyl sites for hydroxylation is 1. The molecule has 0 bridgehead atoms. The van der Waals surface area contributed by atoms with Crippen LogP contribution in [0.1, 0.15) is 32.1 Å². The van der Waals surface area contributed by atoms with Crippen molar-refractivity contribution < 1.29 is 18.7 Å². The molecule has 0 aliphatic heterocycles. The lowest BCUT2D eigenvalue weighted by atomic mass is 10.1. The first-order chi connectivity index (χ1) is 13.7. The third kappa shape index (κ3) is 4.28. The first-order valence-corrected chi connectivity index (χ1v) is 9.34. The van der Waals surface area contributed by atoms with E-state index in [0.29, 0.717) is 11.3 Å². The number of ether oxygens (including phenoxy) is 1. The number of anilines is 1. The molecular weight excluding hydrogens is 418 g/mol. The average molecular weight is 435 g/mol. The average Bonchev–Trinajstić information content (AvgIpc) is 2.97. The first kappa shape index (κ1) is 20.9. The Morgan fingerprint density at radius 2 is 1.72 bits per heavy atom. The summed E-state index contributed by atoms with van der Waals surface area (Å²) in [5.41, 5.74) is 8.37. The number of hydrogen-bond acceptors (Lipinski definition) is 4. The summed E-state index contributed by atoms with van der Waals surface area (Å²) in [5.74, 6) is -1.53. The van der Waals surface area contributed by atoms with Gasteiger partial charge in [0.15, 0.2) is 6.61 Å². The van der Waals surface area contributed by atoms with Gasteiger partial charge in [-0.3, -0.25) is 4.79 Å². The standard InChI is InChI=1S/C21H17Cl2FN2O3/c1-11-7-16(12(2)26(11)15-5-3-14(24)4-6-15)19(27)10-29-21(28)17-8-13(22)9-18(23)20(17)25/h3-9H,10,25H2,1-2H3. The summed E-state index contributed by atoms with van der Waals surface area (Å²) in [6.45, 7) is 3.12. The molecule has 0 radical (unpaired) electrons. The second-order valence-electron chi connectivity index (χ2n) is 6.44. The minimum atomic E-state index is -0.799. The highest BCUT2D eigenvalue weighted by molar-refractivity contribution is 6.37. The van der Waals surface area contributed by atoms with Gasteiger partial charge in [-0.15, -0.1) is 0 Å². The van der Waals surface area contributed by atoms with Gasteiger partial charge in [0.1, 0.15) is 5.82 Å². The number of nitrogens with zero attached hydrogens (tertiary/aromatic N) is 1. The van der Waals surface area contributed by atoms with Gasteiger partial charge in [0.25, 0.3) is 0 Å². The molecule has 3 aromatic rings. The number of esters is 1. The number of benzene rings is 2. The van der Waals surface area contributed by atoms with E-state index < -0.39 is 12.6 Å². The fourth-order valence-corrected chi connectivity index (χ4v) is 3.57. The maximum Gasteiger partial charge on any atom is 0.340 e. The lowest BCUT2D eigenvalue weighted by Gasteiger charge is -2.10. The molecule has 8 heteroatoms. The molecule has 0 saturated heterocycles. The van der Waals surface area contributed by atoms with Gasteiger partial charge in [-0.1, -0.05) is 23.2 Å². The zero-order valence-corrected chi connectivity index (χ0v) is 17.1. The molecule has 3 rings (SSSR count). The van der Waals surface area contributed by atoms with Gasteiger partial charge in [-0.2, -0.15) is 0 Å². The Bertz CT molecular complexity index is 1110. The van der Waals surface area contributed by atoms with Crippen LogP contribution in [-0.4, -0.2) is 22.9 Å². The third-order valence-electron chi connectivity index (χ3n) is 4.46. The van der Waals surface area contributed by atoms with E-state index in [-0.39, 0.29) is 32.9 Å². The molecule has 0 aliphatic carbocycles. The summed E-state index contributed by atoms with van der Waals surface area (Å²) < 4.78 is 20.1. The normalized spacial score (nSPS) is 10.8. The van der Waals surface area contributed by atoms with Gasteiger partial charge in [0, 0.05) is 27.7 Å². The molecule has 1 heterocycles. The number of rotatable bonds is 5. The Balaban J connectivity index is 1.79. The molecular formula is C21H17Cl2FN2O3. The molecule has 0 unspecified atom stereocenters. The highest BCUT2D eigenvalue weighted by Gasteiger charge is 2.20. The Morgan fingerprint density at radius 1 is 1.07 bits per heavy atom. The van der Waals surface area contributed by atoms with Crippen LogP contribution < -0.4 is 5.73 Å². The highest BCUT2D eigenvalue weighted by Crippen LogP contribution is 2.28. The van der Waals surface area contributed by atoms with Crippen molar-refractivity contribution in [2.75, 3.05) is 12.3 Å². The van der Waals surface area contributed by atoms with Crippen LogP contribution in [0.5, 0.6) is 0 Å². The summed E-state index contributed by atoms with van der Waals surface area (Å²) in [6, 6.07) is 10.4. The zero-order chi connectivity index (χ0) is 21.3. The monoisotopic (exact) mass is 434 g/mol. The number of carbonyl (C=O) groups is 2. The van der Waals surface area contributed by atoms with Crippen molar-refractivity contribution in [3.05, 3.63) is 80.8 Å². The molecule has 2 N–H and O–H groups in total. The van der Waals surface area contributed by atoms with E-state index in [2.05, 4.69) is 0 Å². The van der Waals surface area contributed by atoms with Crippen LogP contribution in [0, 0.1) is 19.7 Å². The summed E-state index contributed by atoms with van der Waals surface area (Å²) in [7, 11) is 0. The maximum absolute atomic E-state index is 13.2. The van der Waals surface area contributed by atoms with Crippen LogP contribution in [0.3, 0.4) is 0 Å². The van der Waals surface area contributed by atoms with E-state index >= 15 is 0 Å². The minimum Gasteiger partial charge on any atom is -0.454 e. The number of nitrogens with two attached hydrogens (primary N) is 1. The van der Waals surface area contributed by atoms with E-state index in [1.165, 1.54) is 24.3 Å². The smallest absolute Gasteiger partial charge is 0.340 e. The van der Waals surface area contributed by atoms with Crippen LogP contribution in [0.15, 0.2) is 42.5 Å². The Morgan fingerprint density at radius 3 is 2.38 bits per heavy atom. The predicted octanol–water partition coefficient (Wildman–Crippen LogP) is 5.16. The SMILES string of the molecule is Cc1cc(C(=O)COC(=O)c2cc(Cl)cc(Cl)c2N)c(C)n1-c1ccc(F)cc1. The molecule has 0 saturated carbocycles. The van der Waals surface area contributed by atoms with Gasteiger partial charge < -0.3 is 15.0 Å². The lowest BCUT2D eigenvalue weighted by Crippen LogP contribution is -2.16. The van der Waals surface area contributed by atoms with Gasteiger partial charge >= 0.3 is 5.97 Å². The van der Waals surface area contributed by atoms with Crippen LogP contribution in [-0.2, 0) is 4.74 Å². The summed E-state index contributed by atoms with van der Waals surface area (Å²) in [6.07, 6.45) is 0. The molecule has 0 atom stereocenters. The van der Waals surface area contributed by atoms with Crippen molar-refractivity contribution in [2.45, 2.75) is 13.8 Å². The van der Waals surface area contributed by atoms with E-state index in [1.54, 1.807) is 25.1 Å². The maximum atomic E-state index is 13.2. The Labute approximate surface area is 176 Å². The second-order valence-corrected chi connectivity index (χ2v) is 7.29. The second kappa shape index (κ2) is 8.27. The van der Waals surface area contributed by atoms with Crippen molar-refractivity contribution in [3.8, 4) is 5.69 Å². The van der Waals surface area contributed by atoms with E-state index in [9.17, 15) is 14.0 Å². The number of nitrogen functional groups attached to an aromatic ring is 1. The largest absolute Gasteiger partial charge is 0.454 e. The molecule has 1 aromatic heterocycles. The molecule has 0 fully saturated rings. The van der Waals surface area contributed by atoms with Crippen LogP contribution >= 0.6 is 23.2 Å². The quantitative estimate of drug-likeness (QED) is 0.341. The number of hydrogen-bond donors (Lipinski definition) is 1. The van der Waals surface area contributed by atoms with Gasteiger partial charge in [-0.25, -0.2) is 9.18 Å². The fraction of sp³-hybridized carbons (Fsp3) is 0.143. The van der Waals surface area contributed by atoms with Gasteiger partial charge in [0.2, 0.25) is 5.78 Å². The number of aromatic nitrogens is 1. The van der Waals surface area contributed by atoms with Crippen molar-refractivity contribution in [1.82, 2.24) is 4.57 Å². The number of carbonyl (C=O) groups excluding carboxylic acids is 2. The van der Waals surface area contributed by atoms with Crippen LogP contribution in [0.2, 0.25) is 10.0 Å². The van der Waals surface area contributed by atoms with E-state index in [0.717, 1.165) is 11.4 Å². The zero-order valence-electron chi connectivity index (χ0n) is 15.6. The number of ketones is 1. The Kier molecular flexibility index (Phi) is 5.96. The molecule has 29 heavy (non-hydrogen) atoms. The molecule has 5 nitrogen and oxygen atoms in total. The van der Waals surface area contributed by atoms with E-state index in [4.69, 9.17) is 33.7 Å². The minimum absolute atomic E-state index is 0.00733. The number of halogens is 3. The fourth-order valence-electron chi connectivity index (χ4n) is 3.07. The predicted molar refractivity (Wildman–Crippen MR) is 111 cm³/mol. The number of Topliss-reactive ketones (excluding diaryl/α,β-unsaturated/α-hetero) is 1. The first-order valence-electron chi connectivity index (χ1n) is 8.58. The lowest BCUT2D eigenvalue weighted by molar-refractivity contribution is 0.0475. The van der Waals surface area contributed by atoms with Crippen molar-refractivity contribution in [1.29, 1.82) is 0 Å². The van der Waals surface area contributed by atoms with E-state index in [1.807, 2.05) is 11.5 Å². The van der Waals surface area contributed by atoms with Crippen molar-refractivity contribution >= 4 is 40.6 Å². The Hall–Kier alpha value is -2.83. The van der Waals surface area contributed by atoms with Crippen LogP contribution in [0.25, 0.3) is 5.69 Å². The van der Waals surface area contributed by atoms with Gasteiger partial charge in [-0.05, 0) is 56.3 Å².